The molecular formula is C37H46O4S2. The third-order valence-corrected chi connectivity index (χ3v) is 9.97. The fourth-order valence-electron chi connectivity index (χ4n) is 4.70. The first kappa shape index (κ1) is 34.4. The third kappa shape index (κ3) is 9.72. The average molecular weight is 619 g/mol. The van der Waals surface area contributed by atoms with Crippen LogP contribution >= 0.6 is 0 Å². The SMILES string of the molecule is CC(C)(C)Oc1ccc([S+](c2ccccc2)c2ccccc2)cc1.CC(C)c1cc(C(C)C)c(S(=O)(=O)[O-])c(C(C)C)c1. The third-order valence-electron chi connectivity index (χ3n) is 6.77. The lowest BCUT2D eigenvalue weighted by atomic mass is 9.89. The highest BCUT2D eigenvalue weighted by Crippen LogP contribution is 2.35. The number of hydrogen-bond acceptors (Lipinski definition) is 4. The van der Waals surface area contributed by atoms with Gasteiger partial charge < -0.3 is 9.29 Å². The minimum absolute atomic E-state index is 0.00919. The van der Waals surface area contributed by atoms with E-state index in [0.29, 0.717) is 17.0 Å². The number of benzene rings is 4. The summed E-state index contributed by atoms with van der Waals surface area (Å²) in [5, 5.41) is 0. The Morgan fingerprint density at radius 3 is 1.35 bits per heavy atom. The average Bonchev–Trinajstić information content (AvgIpc) is 2.93. The lowest BCUT2D eigenvalue weighted by Gasteiger charge is -2.24. The van der Waals surface area contributed by atoms with Crippen LogP contribution in [0.3, 0.4) is 0 Å². The molecule has 0 aliphatic heterocycles. The van der Waals surface area contributed by atoms with Crippen LogP contribution in [0.1, 0.15) is 96.8 Å². The molecule has 0 aromatic heterocycles. The zero-order valence-corrected chi connectivity index (χ0v) is 28.6. The van der Waals surface area contributed by atoms with Crippen LogP contribution in [0.25, 0.3) is 0 Å². The molecule has 4 aromatic carbocycles. The molecule has 0 heterocycles. The summed E-state index contributed by atoms with van der Waals surface area (Å²) in [4.78, 5) is 3.94. The van der Waals surface area contributed by atoms with Gasteiger partial charge in [-0.25, -0.2) is 8.42 Å². The molecule has 0 unspecified atom stereocenters. The summed E-state index contributed by atoms with van der Waals surface area (Å²) < 4.78 is 40.8. The molecule has 6 heteroatoms. The Hall–Kier alpha value is -3.06. The first-order valence-corrected chi connectivity index (χ1v) is 17.5. The number of ether oxygens (including phenoxy) is 1. The van der Waals surface area contributed by atoms with Gasteiger partial charge in [0.05, 0.1) is 15.8 Å². The van der Waals surface area contributed by atoms with Crippen LogP contribution in [0.2, 0.25) is 0 Å². The summed E-state index contributed by atoms with van der Waals surface area (Å²) in [5.41, 5.74) is 2.19. The van der Waals surface area contributed by atoms with Crippen LogP contribution in [-0.2, 0) is 21.0 Å². The molecule has 0 radical (unpaired) electrons. The van der Waals surface area contributed by atoms with Gasteiger partial charge in [0.25, 0.3) is 0 Å². The molecule has 4 nitrogen and oxygen atoms in total. The summed E-state index contributed by atoms with van der Waals surface area (Å²) >= 11 is 0. The molecule has 43 heavy (non-hydrogen) atoms. The summed E-state index contributed by atoms with van der Waals surface area (Å²) in [6.45, 7) is 18.0. The van der Waals surface area contributed by atoms with Crippen LogP contribution in [0.15, 0.2) is 117 Å². The van der Waals surface area contributed by atoms with Crippen molar-refractivity contribution in [1.29, 1.82) is 0 Å². The molecule has 0 amide bonds. The molecule has 0 spiro atoms. The van der Waals surface area contributed by atoms with Crippen molar-refractivity contribution in [2.45, 2.75) is 105 Å². The maximum atomic E-state index is 11.6. The first-order valence-electron chi connectivity index (χ1n) is 14.9. The lowest BCUT2D eigenvalue weighted by Crippen LogP contribution is -2.22. The molecule has 0 bridgehead atoms. The van der Waals surface area contributed by atoms with Crippen molar-refractivity contribution >= 4 is 21.0 Å². The topological polar surface area (TPSA) is 66.4 Å². The second kappa shape index (κ2) is 14.6. The Morgan fingerprint density at radius 2 is 1.02 bits per heavy atom. The van der Waals surface area contributed by atoms with Crippen LogP contribution in [0, 0.1) is 0 Å². The summed E-state index contributed by atoms with van der Waals surface area (Å²) in [6, 6.07) is 33.6. The number of hydrogen-bond donors (Lipinski definition) is 0. The molecule has 4 aromatic rings. The highest BCUT2D eigenvalue weighted by Gasteiger charge is 2.28. The van der Waals surface area contributed by atoms with Crippen molar-refractivity contribution in [2.75, 3.05) is 0 Å². The van der Waals surface area contributed by atoms with E-state index in [1.54, 1.807) is 0 Å². The van der Waals surface area contributed by atoms with Gasteiger partial charge >= 0.3 is 0 Å². The highest BCUT2D eigenvalue weighted by molar-refractivity contribution is 7.97. The van der Waals surface area contributed by atoms with Crippen LogP contribution in [0.4, 0.5) is 0 Å². The van der Waals surface area contributed by atoms with E-state index in [2.05, 4.69) is 120 Å². The Morgan fingerprint density at radius 1 is 0.628 bits per heavy atom. The van der Waals surface area contributed by atoms with E-state index in [9.17, 15) is 13.0 Å². The quantitative estimate of drug-likeness (QED) is 0.146. The van der Waals surface area contributed by atoms with Gasteiger partial charge in [0, 0.05) is 0 Å². The predicted molar refractivity (Wildman–Crippen MR) is 179 cm³/mol. The monoisotopic (exact) mass is 618 g/mol. The molecule has 0 aliphatic rings. The summed E-state index contributed by atoms with van der Waals surface area (Å²) in [6.07, 6.45) is 0. The van der Waals surface area contributed by atoms with E-state index < -0.39 is 10.1 Å². The van der Waals surface area contributed by atoms with E-state index in [1.165, 1.54) is 14.7 Å². The smallest absolute Gasteiger partial charge is 0.166 e. The van der Waals surface area contributed by atoms with Crippen LogP contribution in [0.5, 0.6) is 5.75 Å². The Bertz CT molecular complexity index is 1480. The molecule has 230 valence electrons. The molecular weight excluding hydrogens is 573 g/mol. The van der Waals surface area contributed by atoms with Gasteiger partial charge in [-0.3, -0.25) is 0 Å². The van der Waals surface area contributed by atoms with Crippen LogP contribution in [-0.4, -0.2) is 18.6 Å². The molecule has 0 fully saturated rings. The lowest BCUT2D eigenvalue weighted by molar-refractivity contribution is 0.131. The Kier molecular flexibility index (Phi) is 11.7. The summed E-state index contributed by atoms with van der Waals surface area (Å²) in [5.74, 6) is 1.24. The van der Waals surface area contributed by atoms with E-state index in [4.69, 9.17) is 4.74 Å². The fourth-order valence-corrected chi connectivity index (χ4v) is 7.95. The van der Waals surface area contributed by atoms with Crippen molar-refractivity contribution in [2.24, 2.45) is 0 Å². The van der Waals surface area contributed by atoms with Crippen LogP contribution < -0.4 is 4.74 Å². The second-order valence-corrected chi connectivity index (χ2v) is 15.9. The minimum Gasteiger partial charge on any atom is -0.744 e. The van der Waals surface area contributed by atoms with Gasteiger partial charge in [0.1, 0.15) is 21.5 Å². The standard InChI is InChI=1S/C22H23OS.C15H24O3S/c1-22(2,3)23-18-14-16-21(17-15-18)24(19-10-6-4-7-11-19)20-12-8-5-9-13-20;1-9(2)12-7-13(10(3)4)15(19(16,17)18)14(8-12)11(5)6/h4-17H,1-3H3;7-11H,1-6H3,(H,16,17,18)/q+1;/p-1. The van der Waals surface area contributed by atoms with Gasteiger partial charge in [-0.05, 0) is 104 Å². The molecule has 0 N–H and O–H groups in total. The van der Waals surface area contributed by atoms with E-state index >= 15 is 0 Å². The summed E-state index contributed by atoms with van der Waals surface area (Å²) in [7, 11) is -4.55. The first-order chi connectivity index (χ1) is 20.1. The van der Waals surface area contributed by atoms with E-state index in [1.807, 2.05) is 39.8 Å². The van der Waals surface area contributed by atoms with Gasteiger partial charge in [-0.15, -0.1) is 0 Å². The van der Waals surface area contributed by atoms with Crippen molar-refractivity contribution in [3.63, 3.8) is 0 Å². The van der Waals surface area contributed by atoms with Crippen molar-refractivity contribution in [3.05, 3.63) is 114 Å². The molecule has 0 aliphatic carbocycles. The molecule has 0 atom stereocenters. The van der Waals surface area contributed by atoms with Crippen molar-refractivity contribution in [3.8, 4) is 5.75 Å². The van der Waals surface area contributed by atoms with Crippen molar-refractivity contribution in [1.82, 2.24) is 0 Å². The largest absolute Gasteiger partial charge is 0.744 e. The van der Waals surface area contributed by atoms with Gasteiger partial charge in [0.2, 0.25) is 0 Å². The fraction of sp³-hybridized carbons (Fsp3) is 0.351. The van der Waals surface area contributed by atoms with Crippen molar-refractivity contribution < 1.29 is 17.7 Å². The van der Waals surface area contributed by atoms with E-state index in [-0.39, 0.29) is 33.2 Å². The van der Waals surface area contributed by atoms with Gasteiger partial charge in [0.15, 0.2) is 14.7 Å². The zero-order valence-electron chi connectivity index (χ0n) is 26.9. The predicted octanol–water partition coefficient (Wildman–Crippen LogP) is 9.92. The maximum absolute atomic E-state index is 11.6. The van der Waals surface area contributed by atoms with Gasteiger partial charge in [-0.2, -0.15) is 0 Å². The second-order valence-electron chi connectivity index (χ2n) is 12.6. The Balaban J connectivity index is 0.000000243. The molecule has 0 saturated carbocycles. The molecule has 4 rings (SSSR count). The Labute approximate surface area is 262 Å². The molecule has 0 saturated heterocycles. The zero-order chi connectivity index (χ0) is 31.9. The number of rotatable bonds is 8. The highest BCUT2D eigenvalue weighted by atomic mass is 32.2. The minimum atomic E-state index is -4.45. The van der Waals surface area contributed by atoms with E-state index in [0.717, 1.165) is 11.3 Å². The normalized spacial score (nSPS) is 12.0. The maximum Gasteiger partial charge on any atom is 0.166 e. The van der Waals surface area contributed by atoms with Gasteiger partial charge in [-0.1, -0.05) is 90.1 Å².